The second-order valence-corrected chi connectivity index (χ2v) is 11.5. The molecule has 0 spiro atoms. The lowest BCUT2D eigenvalue weighted by Crippen LogP contribution is -2.26. The minimum absolute atomic E-state index is 0.0364. The lowest BCUT2D eigenvalue weighted by atomic mass is 9.94. The molecule has 1 aliphatic rings. The van der Waals surface area contributed by atoms with Gasteiger partial charge in [0.05, 0.1) is 17.6 Å². The van der Waals surface area contributed by atoms with Crippen molar-refractivity contribution in [1.82, 2.24) is 4.57 Å². The first-order chi connectivity index (χ1) is 18.7. The van der Waals surface area contributed by atoms with Crippen molar-refractivity contribution in [2.24, 2.45) is 0 Å². The fourth-order valence-electron chi connectivity index (χ4n) is 5.10. The van der Waals surface area contributed by atoms with E-state index in [0.717, 1.165) is 35.3 Å². The molecule has 0 amide bonds. The van der Waals surface area contributed by atoms with Gasteiger partial charge >= 0.3 is 5.97 Å². The molecular formula is C31H29NO6S. The van der Waals surface area contributed by atoms with Crippen LogP contribution in [0, 0.1) is 13.8 Å². The smallest absolute Gasteiger partial charge is 0.343 e. The van der Waals surface area contributed by atoms with E-state index in [-0.39, 0.29) is 32.4 Å². The number of carbonyl (C=O) groups is 1. The summed E-state index contributed by atoms with van der Waals surface area (Å²) >= 11 is 0. The van der Waals surface area contributed by atoms with E-state index in [1.165, 1.54) is 25.3 Å². The number of aromatic nitrogens is 1. The zero-order valence-corrected chi connectivity index (χ0v) is 22.9. The molecular weight excluding hydrogens is 514 g/mol. The van der Waals surface area contributed by atoms with Crippen LogP contribution in [-0.4, -0.2) is 26.1 Å². The van der Waals surface area contributed by atoms with Gasteiger partial charge in [0.25, 0.3) is 5.56 Å². The Morgan fingerprint density at radius 2 is 1.59 bits per heavy atom. The van der Waals surface area contributed by atoms with Crippen LogP contribution in [0.1, 0.15) is 45.6 Å². The topological polar surface area (TPSA) is 91.7 Å². The maximum atomic E-state index is 13.4. The number of fused-ring (bicyclic) bond motifs is 1. The molecule has 0 bridgehead atoms. The van der Waals surface area contributed by atoms with Gasteiger partial charge in [0.15, 0.2) is 0 Å². The number of benzene rings is 3. The summed E-state index contributed by atoms with van der Waals surface area (Å²) in [7, 11) is -2.53. The molecule has 0 atom stereocenters. The number of ether oxygens (including phenoxy) is 2. The number of methoxy groups -OCH3 is 1. The fourth-order valence-corrected chi connectivity index (χ4v) is 6.58. The number of rotatable bonds is 6. The summed E-state index contributed by atoms with van der Waals surface area (Å²) in [5.74, 6) is -0.372. The van der Waals surface area contributed by atoms with Gasteiger partial charge in [-0.1, -0.05) is 35.9 Å². The van der Waals surface area contributed by atoms with Crippen LogP contribution in [0.3, 0.4) is 0 Å². The van der Waals surface area contributed by atoms with Gasteiger partial charge in [-0.15, -0.1) is 0 Å². The van der Waals surface area contributed by atoms with Crippen LogP contribution in [-0.2, 0) is 22.7 Å². The Kier molecular flexibility index (Phi) is 7.14. The number of nitrogens with zero attached hydrogens (tertiary/aromatic N) is 1. The highest BCUT2D eigenvalue weighted by Gasteiger charge is 2.28. The lowest BCUT2D eigenvalue weighted by Gasteiger charge is -2.23. The fraction of sp³-hybridized carbons (Fsp3) is 0.226. The van der Waals surface area contributed by atoms with Crippen molar-refractivity contribution in [2.45, 2.75) is 49.3 Å². The lowest BCUT2D eigenvalue weighted by molar-refractivity contribution is 0.0731. The van der Waals surface area contributed by atoms with Gasteiger partial charge in [-0.05, 0) is 75.9 Å². The van der Waals surface area contributed by atoms with Crippen LogP contribution < -0.4 is 15.0 Å². The summed E-state index contributed by atoms with van der Waals surface area (Å²) in [5, 5.41) is 0. The van der Waals surface area contributed by atoms with Gasteiger partial charge in [-0.2, -0.15) is 0 Å². The average Bonchev–Trinajstić information content (AvgIpc) is 2.93. The molecule has 4 aromatic rings. The van der Waals surface area contributed by atoms with Crippen molar-refractivity contribution in [2.75, 3.05) is 7.11 Å². The Balaban J connectivity index is 1.53. The van der Waals surface area contributed by atoms with Crippen molar-refractivity contribution >= 4 is 15.8 Å². The molecule has 0 fully saturated rings. The Hall–Kier alpha value is -4.17. The number of hydrogen-bond donors (Lipinski definition) is 0. The highest BCUT2D eigenvalue weighted by Crippen LogP contribution is 2.35. The Morgan fingerprint density at radius 1 is 0.897 bits per heavy atom. The highest BCUT2D eigenvalue weighted by molar-refractivity contribution is 7.91. The van der Waals surface area contributed by atoms with Gasteiger partial charge in [-0.3, -0.25) is 9.36 Å². The van der Waals surface area contributed by atoms with E-state index in [9.17, 15) is 18.0 Å². The van der Waals surface area contributed by atoms with Crippen LogP contribution in [0.2, 0.25) is 0 Å². The SMILES string of the molecule is COc1c(S(=O)(=O)c2ccc(C)cc2)ccc(C(=O)Oc2cc(=O)n(-c3ccccc3)c3c2CCCC3)c1C. The van der Waals surface area contributed by atoms with Gasteiger partial charge in [0.2, 0.25) is 9.84 Å². The molecule has 8 heteroatoms. The number of sulfone groups is 1. The van der Waals surface area contributed by atoms with Crippen molar-refractivity contribution in [3.63, 3.8) is 0 Å². The molecule has 5 rings (SSSR count). The van der Waals surface area contributed by atoms with E-state index in [1.807, 2.05) is 37.3 Å². The predicted molar refractivity (Wildman–Crippen MR) is 148 cm³/mol. The van der Waals surface area contributed by atoms with Crippen LogP contribution >= 0.6 is 0 Å². The third-order valence-electron chi connectivity index (χ3n) is 7.11. The molecule has 0 radical (unpaired) electrons. The highest BCUT2D eigenvalue weighted by atomic mass is 32.2. The summed E-state index contributed by atoms with van der Waals surface area (Å²) in [4.78, 5) is 26.7. The molecule has 39 heavy (non-hydrogen) atoms. The van der Waals surface area contributed by atoms with E-state index in [0.29, 0.717) is 18.4 Å². The van der Waals surface area contributed by atoms with Gasteiger partial charge in [0.1, 0.15) is 16.4 Å². The van der Waals surface area contributed by atoms with Crippen molar-refractivity contribution in [3.8, 4) is 17.2 Å². The Bertz CT molecular complexity index is 1720. The predicted octanol–water partition coefficient (Wildman–Crippen LogP) is 5.39. The van der Waals surface area contributed by atoms with E-state index in [2.05, 4.69) is 0 Å². The number of hydrogen-bond acceptors (Lipinski definition) is 6. The standard InChI is InChI=1S/C31H29NO6S/c1-20-13-15-23(16-14-20)39(35,36)28-18-17-24(21(2)30(28)37-3)31(34)38-27-19-29(33)32(22-9-5-4-6-10-22)26-12-8-7-11-25(26)27/h4-6,9-10,13-19H,7-8,11-12H2,1-3H3. The number of esters is 1. The van der Waals surface area contributed by atoms with Gasteiger partial charge < -0.3 is 9.47 Å². The minimum atomic E-state index is -3.89. The van der Waals surface area contributed by atoms with Crippen molar-refractivity contribution < 1.29 is 22.7 Å². The molecule has 1 aromatic heterocycles. The molecule has 3 aromatic carbocycles. The summed E-state index contributed by atoms with van der Waals surface area (Å²) in [6, 6.07) is 20.1. The summed E-state index contributed by atoms with van der Waals surface area (Å²) in [5.41, 5.74) is 3.60. The van der Waals surface area contributed by atoms with Crippen LogP contribution in [0.25, 0.3) is 5.69 Å². The van der Waals surface area contributed by atoms with Crippen molar-refractivity contribution in [3.05, 3.63) is 111 Å². The molecule has 1 aliphatic carbocycles. The first-order valence-electron chi connectivity index (χ1n) is 12.8. The zero-order chi connectivity index (χ0) is 27.7. The minimum Gasteiger partial charge on any atom is -0.495 e. The summed E-state index contributed by atoms with van der Waals surface area (Å²) in [6.45, 7) is 3.49. The zero-order valence-electron chi connectivity index (χ0n) is 22.1. The first-order valence-corrected chi connectivity index (χ1v) is 14.3. The van der Waals surface area contributed by atoms with E-state index in [4.69, 9.17) is 9.47 Å². The molecule has 0 N–H and O–H groups in total. The molecule has 0 unspecified atom stereocenters. The normalized spacial score (nSPS) is 13.0. The average molecular weight is 544 g/mol. The van der Waals surface area contributed by atoms with E-state index >= 15 is 0 Å². The Morgan fingerprint density at radius 3 is 2.28 bits per heavy atom. The molecule has 0 saturated carbocycles. The second-order valence-electron chi connectivity index (χ2n) is 9.63. The third-order valence-corrected chi connectivity index (χ3v) is 8.91. The largest absolute Gasteiger partial charge is 0.495 e. The molecule has 7 nitrogen and oxygen atoms in total. The van der Waals surface area contributed by atoms with Crippen molar-refractivity contribution in [1.29, 1.82) is 0 Å². The Labute approximate surface area is 227 Å². The molecule has 0 aliphatic heterocycles. The molecule has 1 heterocycles. The number of aryl methyl sites for hydroxylation is 1. The second kappa shape index (κ2) is 10.5. The third kappa shape index (κ3) is 4.88. The molecule has 0 saturated heterocycles. The maximum absolute atomic E-state index is 13.4. The number of para-hydroxylation sites is 1. The van der Waals surface area contributed by atoms with E-state index < -0.39 is 15.8 Å². The van der Waals surface area contributed by atoms with Gasteiger partial charge in [-0.25, -0.2) is 13.2 Å². The van der Waals surface area contributed by atoms with Crippen LogP contribution in [0.4, 0.5) is 0 Å². The van der Waals surface area contributed by atoms with E-state index in [1.54, 1.807) is 35.8 Å². The number of carbonyl (C=O) groups excluding carboxylic acids is 1. The number of pyridine rings is 1. The van der Waals surface area contributed by atoms with Crippen LogP contribution in [0.15, 0.2) is 87.4 Å². The summed E-state index contributed by atoms with van der Waals surface area (Å²) in [6.07, 6.45) is 3.23. The molecule has 200 valence electrons. The maximum Gasteiger partial charge on any atom is 0.343 e. The van der Waals surface area contributed by atoms with Gasteiger partial charge in [0, 0.05) is 28.6 Å². The summed E-state index contributed by atoms with van der Waals surface area (Å²) < 4.78 is 39.7. The quantitative estimate of drug-likeness (QED) is 0.303. The van der Waals surface area contributed by atoms with Crippen LogP contribution in [0.5, 0.6) is 11.5 Å². The first kappa shape index (κ1) is 26.4. The monoisotopic (exact) mass is 543 g/mol.